The summed E-state index contributed by atoms with van der Waals surface area (Å²) in [6, 6.07) is 11.4. The van der Waals surface area contributed by atoms with Crippen LogP contribution in [0.3, 0.4) is 0 Å². The number of nitrogens with one attached hydrogen (secondary N) is 1. The molecule has 0 spiro atoms. The summed E-state index contributed by atoms with van der Waals surface area (Å²) in [7, 11) is 0. The highest BCUT2D eigenvalue weighted by molar-refractivity contribution is 8.13. The summed E-state index contributed by atoms with van der Waals surface area (Å²) in [6.07, 6.45) is 3.07. The predicted octanol–water partition coefficient (Wildman–Crippen LogP) is 0.978. The normalized spacial score (nSPS) is 19.0. The first-order valence-electron chi connectivity index (χ1n) is 7.67. The number of fused-ring (bicyclic) bond motifs is 2. The molecule has 2 aromatic rings. The number of aromatic nitrogens is 1. The van der Waals surface area contributed by atoms with Gasteiger partial charge in [0.25, 0.3) is 5.91 Å². The van der Waals surface area contributed by atoms with E-state index in [1.807, 2.05) is 43.3 Å². The maximum atomic E-state index is 12.7. The lowest BCUT2D eigenvalue weighted by molar-refractivity contribution is -0.116. The number of carbonyl (C=O) groups is 1. The average molecular weight is 337 g/mol. The van der Waals surface area contributed by atoms with E-state index in [4.69, 9.17) is 4.99 Å². The molecule has 2 aliphatic rings. The molecule has 24 heavy (non-hydrogen) atoms. The average Bonchev–Trinajstić information content (AvgIpc) is 2.62. The maximum absolute atomic E-state index is 12.7. The van der Waals surface area contributed by atoms with Crippen molar-refractivity contribution in [1.82, 2.24) is 15.3 Å². The van der Waals surface area contributed by atoms with E-state index in [-0.39, 0.29) is 12.1 Å². The lowest BCUT2D eigenvalue weighted by Gasteiger charge is -2.33. The number of carbonyl (C=O) groups excluding carboxylic acids is 1. The van der Waals surface area contributed by atoms with Crippen LogP contribution in [0.15, 0.2) is 58.9 Å². The van der Waals surface area contributed by atoms with Crippen LogP contribution >= 0.6 is 11.8 Å². The van der Waals surface area contributed by atoms with Crippen molar-refractivity contribution in [3.63, 3.8) is 0 Å². The fourth-order valence-electron chi connectivity index (χ4n) is 2.78. The van der Waals surface area contributed by atoms with Gasteiger partial charge in [0, 0.05) is 23.2 Å². The lowest BCUT2D eigenvalue weighted by Crippen LogP contribution is -2.50. The van der Waals surface area contributed by atoms with Crippen molar-refractivity contribution in [3.8, 4) is 0 Å². The summed E-state index contributed by atoms with van der Waals surface area (Å²) in [5, 5.41) is 11.4. The van der Waals surface area contributed by atoms with Gasteiger partial charge in [-0.3, -0.25) is 20.1 Å². The molecular formula is C17H15N5OS. The summed E-state index contributed by atoms with van der Waals surface area (Å²) >= 11 is 1.50. The monoisotopic (exact) mass is 337 g/mol. The minimum Gasteiger partial charge on any atom is -0.298 e. The molecule has 1 atom stereocenters. The molecule has 120 valence electrons. The van der Waals surface area contributed by atoms with E-state index in [0.29, 0.717) is 10.9 Å². The Morgan fingerprint density at radius 1 is 1.21 bits per heavy atom. The summed E-state index contributed by atoms with van der Waals surface area (Å²) < 4.78 is 0. The van der Waals surface area contributed by atoms with Crippen LogP contribution in [0.1, 0.15) is 18.7 Å². The van der Waals surface area contributed by atoms with Crippen molar-refractivity contribution in [3.05, 3.63) is 64.9 Å². The van der Waals surface area contributed by atoms with Crippen LogP contribution in [0.4, 0.5) is 0 Å². The fourth-order valence-corrected chi connectivity index (χ4v) is 3.37. The second kappa shape index (κ2) is 6.09. The highest BCUT2D eigenvalue weighted by atomic mass is 32.2. The Bertz CT molecular complexity index is 941. The van der Waals surface area contributed by atoms with Crippen LogP contribution < -0.4 is 15.9 Å². The van der Waals surface area contributed by atoms with Gasteiger partial charge < -0.3 is 0 Å². The third-order valence-electron chi connectivity index (χ3n) is 3.80. The number of pyridine rings is 1. The number of rotatable bonds is 2. The van der Waals surface area contributed by atoms with Crippen molar-refractivity contribution in [2.45, 2.75) is 13.1 Å². The smallest absolute Gasteiger partial charge is 0.276 e. The zero-order valence-electron chi connectivity index (χ0n) is 13.0. The van der Waals surface area contributed by atoms with Gasteiger partial charge in [-0.15, -0.1) is 5.10 Å². The van der Waals surface area contributed by atoms with Crippen molar-refractivity contribution >= 4 is 28.5 Å². The Kier molecular flexibility index (Phi) is 3.78. The SMILES string of the molecule is CCSC1=NN2C(=c3ccccc3=NC2c2ccncc2)C(=O)N1. The van der Waals surface area contributed by atoms with E-state index in [1.54, 1.807) is 17.4 Å². The summed E-state index contributed by atoms with van der Waals surface area (Å²) in [5.74, 6) is 0.679. The number of benzene rings is 1. The van der Waals surface area contributed by atoms with E-state index in [1.165, 1.54) is 11.8 Å². The number of amides is 1. The molecule has 1 N–H and O–H groups in total. The van der Waals surface area contributed by atoms with Crippen molar-refractivity contribution < 1.29 is 4.79 Å². The molecule has 1 amide bonds. The number of hydrazone groups is 1. The second-order valence-electron chi connectivity index (χ2n) is 5.29. The Morgan fingerprint density at radius 3 is 2.79 bits per heavy atom. The van der Waals surface area contributed by atoms with Crippen LogP contribution in [0.5, 0.6) is 0 Å². The zero-order chi connectivity index (χ0) is 16.5. The van der Waals surface area contributed by atoms with E-state index in [0.717, 1.165) is 21.9 Å². The number of hydrogen-bond donors (Lipinski definition) is 1. The zero-order valence-corrected chi connectivity index (χ0v) is 13.8. The van der Waals surface area contributed by atoms with E-state index < -0.39 is 0 Å². The van der Waals surface area contributed by atoms with Gasteiger partial charge in [-0.1, -0.05) is 36.9 Å². The largest absolute Gasteiger partial charge is 0.298 e. The molecule has 0 saturated carbocycles. The molecule has 6 nitrogen and oxygen atoms in total. The van der Waals surface area contributed by atoms with Gasteiger partial charge >= 0.3 is 0 Å². The van der Waals surface area contributed by atoms with Crippen molar-refractivity contribution in [1.29, 1.82) is 0 Å². The molecule has 0 fully saturated rings. The number of amidine groups is 1. The molecule has 1 unspecified atom stereocenters. The Morgan fingerprint density at radius 2 is 2.00 bits per heavy atom. The molecule has 0 aliphatic carbocycles. The number of hydrogen-bond acceptors (Lipinski definition) is 6. The molecule has 1 aromatic carbocycles. The first-order chi connectivity index (χ1) is 11.8. The number of nitrogens with zero attached hydrogens (tertiary/aromatic N) is 4. The van der Waals surface area contributed by atoms with Gasteiger partial charge in [0.1, 0.15) is 5.70 Å². The summed E-state index contributed by atoms with van der Waals surface area (Å²) in [5.41, 5.74) is 1.47. The predicted molar refractivity (Wildman–Crippen MR) is 93.2 cm³/mol. The number of para-hydroxylation sites is 1. The van der Waals surface area contributed by atoms with Gasteiger partial charge in [0.05, 0.1) is 5.36 Å². The minimum absolute atomic E-state index is 0.151. The first kappa shape index (κ1) is 14.9. The quantitative estimate of drug-likeness (QED) is 0.887. The third kappa shape index (κ3) is 2.46. The van der Waals surface area contributed by atoms with Crippen LogP contribution in [-0.2, 0) is 4.79 Å². The molecule has 0 bridgehead atoms. The van der Waals surface area contributed by atoms with Crippen molar-refractivity contribution in [2.24, 2.45) is 10.1 Å². The van der Waals surface area contributed by atoms with Crippen molar-refractivity contribution in [2.75, 3.05) is 5.75 Å². The van der Waals surface area contributed by atoms with E-state index in [9.17, 15) is 4.79 Å². The summed E-state index contributed by atoms with van der Waals surface area (Å²) in [6.45, 7) is 2.02. The van der Waals surface area contributed by atoms with Gasteiger partial charge in [-0.2, -0.15) is 0 Å². The van der Waals surface area contributed by atoms with Crippen LogP contribution in [0, 0.1) is 0 Å². The molecule has 3 heterocycles. The minimum atomic E-state index is -0.378. The Balaban J connectivity index is 1.96. The molecule has 4 rings (SSSR count). The topological polar surface area (TPSA) is 70.0 Å². The van der Waals surface area contributed by atoms with Gasteiger partial charge in [0.15, 0.2) is 11.3 Å². The van der Waals surface area contributed by atoms with E-state index >= 15 is 0 Å². The van der Waals surface area contributed by atoms with Crippen LogP contribution in [0.25, 0.3) is 5.70 Å². The van der Waals surface area contributed by atoms with Gasteiger partial charge in [0.2, 0.25) is 0 Å². The lowest BCUT2D eigenvalue weighted by atomic mass is 10.1. The summed E-state index contributed by atoms with van der Waals surface area (Å²) in [4.78, 5) is 21.6. The van der Waals surface area contributed by atoms with Gasteiger partial charge in [-0.05, 0) is 24.0 Å². The van der Waals surface area contributed by atoms with Crippen LogP contribution in [0.2, 0.25) is 0 Å². The first-order valence-corrected chi connectivity index (χ1v) is 8.65. The van der Waals surface area contributed by atoms with Crippen LogP contribution in [-0.4, -0.2) is 26.8 Å². The Hall–Kier alpha value is -2.67. The van der Waals surface area contributed by atoms with Gasteiger partial charge in [-0.25, -0.2) is 5.01 Å². The molecule has 0 saturated heterocycles. The Labute approximate surface area is 143 Å². The highest BCUT2D eigenvalue weighted by Crippen LogP contribution is 2.30. The van der Waals surface area contributed by atoms with E-state index in [2.05, 4.69) is 15.4 Å². The standard InChI is InChI=1S/C17H15N5OS/c1-2-24-17-20-16(23)14-12-5-3-4-6-13(12)19-15(22(14)21-17)11-7-9-18-10-8-11/h3-10,15H,2H2,1H3,(H,20,21,23). The fraction of sp³-hybridized carbons (Fsp3) is 0.176. The third-order valence-corrected chi connectivity index (χ3v) is 4.55. The molecular weight excluding hydrogens is 322 g/mol. The number of thioether (sulfide) groups is 1. The molecule has 1 aromatic heterocycles. The molecule has 0 radical (unpaired) electrons. The maximum Gasteiger partial charge on any atom is 0.276 e. The second-order valence-corrected chi connectivity index (χ2v) is 6.54. The molecule has 2 aliphatic heterocycles. The highest BCUT2D eigenvalue weighted by Gasteiger charge is 2.34. The molecule has 7 heteroatoms.